The van der Waals surface area contributed by atoms with Gasteiger partial charge in [-0.25, -0.2) is 12.2 Å². The molecule has 0 aromatic heterocycles. The predicted octanol–water partition coefficient (Wildman–Crippen LogP) is -2.00. The molecule has 1 nitrogen and oxygen atoms in total. The number of aromatic hydroxyl groups is 1. The first-order valence-corrected chi connectivity index (χ1v) is 5.52. The van der Waals surface area contributed by atoms with Gasteiger partial charge in [0.2, 0.25) is 0 Å². The molecule has 0 fully saturated rings. The first-order valence-electron chi connectivity index (χ1n) is 5.52. The fourth-order valence-corrected chi connectivity index (χ4v) is 1.45. The molecule has 0 spiro atoms. The SMILES string of the molecule is CC(C)(C)c1ccccc1O.[C-]1=CC=CC1.[F-].[F-].[Ti+3]. The Morgan fingerprint density at radius 3 is 1.95 bits per heavy atom. The zero-order valence-electron chi connectivity index (χ0n) is 11.5. The maximum absolute atomic E-state index is 9.45. The maximum Gasteiger partial charge on any atom is 3.00 e. The first kappa shape index (κ1) is 23.2. The molecule has 0 saturated carbocycles. The number of rotatable bonds is 0. The summed E-state index contributed by atoms with van der Waals surface area (Å²) in [4.78, 5) is 0. The Kier molecular flexibility index (Phi) is 13.4. The van der Waals surface area contributed by atoms with E-state index in [0.717, 1.165) is 12.0 Å². The van der Waals surface area contributed by atoms with Crippen LogP contribution in [0.3, 0.4) is 0 Å². The largest absolute Gasteiger partial charge is 3.00 e. The van der Waals surface area contributed by atoms with Crippen LogP contribution in [-0.2, 0) is 27.1 Å². The van der Waals surface area contributed by atoms with Gasteiger partial charge >= 0.3 is 21.7 Å². The molecule has 1 aromatic carbocycles. The van der Waals surface area contributed by atoms with E-state index in [2.05, 4.69) is 32.9 Å². The van der Waals surface area contributed by atoms with Gasteiger partial charge in [0.05, 0.1) is 0 Å². The van der Waals surface area contributed by atoms with E-state index in [1.165, 1.54) is 0 Å². The van der Waals surface area contributed by atoms with Gasteiger partial charge in [0, 0.05) is 0 Å². The predicted molar refractivity (Wildman–Crippen MR) is 68.4 cm³/mol. The average molecular weight is 301 g/mol. The average Bonchev–Trinajstić information content (AvgIpc) is 2.74. The number of allylic oxidation sites excluding steroid dienone is 4. The van der Waals surface area contributed by atoms with Crippen molar-refractivity contribution in [2.24, 2.45) is 0 Å². The summed E-state index contributed by atoms with van der Waals surface area (Å²) in [6, 6.07) is 7.46. The van der Waals surface area contributed by atoms with Gasteiger partial charge in [0.15, 0.2) is 0 Å². The van der Waals surface area contributed by atoms with Crippen molar-refractivity contribution in [1.29, 1.82) is 0 Å². The Bertz CT molecular complexity index is 385. The molecule has 19 heavy (non-hydrogen) atoms. The first-order chi connectivity index (χ1) is 7.52. The molecule has 0 heterocycles. The third-order valence-corrected chi connectivity index (χ3v) is 2.30. The minimum absolute atomic E-state index is 0. The van der Waals surface area contributed by atoms with E-state index in [4.69, 9.17) is 0 Å². The zero-order valence-corrected chi connectivity index (χ0v) is 13.0. The fraction of sp³-hybridized carbons (Fsp3) is 0.333. The van der Waals surface area contributed by atoms with Crippen molar-refractivity contribution in [2.75, 3.05) is 0 Å². The molecule has 0 atom stereocenters. The third kappa shape index (κ3) is 8.74. The molecule has 0 saturated heterocycles. The molecule has 1 aliphatic carbocycles. The zero-order chi connectivity index (χ0) is 12.0. The number of hydrogen-bond acceptors (Lipinski definition) is 1. The summed E-state index contributed by atoms with van der Waals surface area (Å²) in [5, 5.41) is 9.45. The maximum atomic E-state index is 9.45. The second-order valence-corrected chi connectivity index (χ2v) is 4.77. The van der Waals surface area contributed by atoms with E-state index in [1.54, 1.807) is 6.07 Å². The minimum atomic E-state index is 0. The summed E-state index contributed by atoms with van der Waals surface area (Å²) in [7, 11) is 0. The quantitative estimate of drug-likeness (QED) is 0.434. The Labute approximate surface area is 129 Å². The van der Waals surface area contributed by atoms with E-state index >= 15 is 0 Å². The van der Waals surface area contributed by atoms with Gasteiger partial charge in [0.25, 0.3) is 0 Å². The van der Waals surface area contributed by atoms with Gasteiger partial charge < -0.3 is 14.5 Å². The number of phenols is 1. The molecule has 103 valence electrons. The van der Waals surface area contributed by atoms with Crippen LogP contribution in [0.2, 0.25) is 0 Å². The molecule has 0 aliphatic heterocycles. The third-order valence-electron chi connectivity index (χ3n) is 2.30. The minimum Gasteiger partial charge on any atom is -1.00 e. The van der Waals surface area contributed by atoms with Gasteiger partial charge in [-0.15, -0.1) is 6.42 Å². The van der Waals surface area contributed by atoms with Crippen LogP contribution in [0.4, 0.5) is 0 Å². The number of hydrogen-bond donors (Lipinski definition) is 1. The number of phenolic OH excluding ortho intramolecular Hbond substituents is 1. The molecule has 1 aliphatic rings. The molecule has 1 radical (unpaired) electrons. The van der Waals surface area contributed by atoms with Crippen molar-refractivity contribution in [3.63, 3.8) is 0 Å². The summed E-state index contributed by atoms with van der Waals surface area (Å²) >= 11 is 0. The van der Waals surface area contributed by atoms with Crippen molar-refractivity contribution in [3.05, 3.63) is 54.1 Å². The van der Waals surface area contributed by atoms with Gasteiger partial charge in [-0.05, 0) is 17.0 Å². The Balaban J connectivity index is -0.000000277. The van der Waals surface area contributed by atoms with E-state index in [1.807, 2.05) is 30.4 Å². The van der Waals surface area contributed by atoms with Gasteiger partial charge in [-0.2, -0.15) is 6.08 Å². The van der Waals surface area contributed by atoms with Crippen LogP contribution >= 0.6 is 0 Å². The topological polar surface area (TPSA) is 20.2 Å². The van der Waals surface area contributed by atoms with E-state index in [-0.39, 0.29) is 36.5 Å². The number of benzene rings is 1. The number of halogens is 2. The molecule has 0 bridgehead atoms. The second kappa shape index (κ2) is 10.9. The van der Waals surface area contributed by atoms with Crippen LogP contribution in [0, 0.1) is 6.08 Å². The number of para-hydroxylation sites is 1. The van der Waals surface area contributed by atoms with E-state index in [9.17, 15) is 5.11 Å². The summed E-state index contributed by atoms with van der Waals surface area (Å²) in [5.41, 5.74) is 1.03. The van der Waals surface area contributed by atoms with Crippen molar-refractivity contribution >= 4 is 0 Å². The van der Waals surface area contributed by atoms with Crippen LogP contribution in [-0.4, -0.2) is 5.11 Å². The van der Waals surface area contributed by atoms with Gasteiger partial charge in [-0.1, -0.05) is 39.0 Å². The summed E-state index contributed by atoms with van der Waals surface area (Å²) in [5.74, 6) is 0.389. The van der Waals surface area contributed by atoms with Crippen molar-refractivity contribution in [3.8, 4) is 5.75 Å². The summed E-state index contributed by atoms with van der Waals surface area (Å²) in [6.45, 7) is 6.26. The molecule has 4 heteroatoms. The fourth-order valence-electron chi connectivity index (χ4n) is 1.45. The molecule has 1 N–H and O–H groups in total. The molecular formula is C15H19F2OTi. The van der Waals surface area contributed by atoms with E-state index in [0.29, 0.717) is 5.75 Å². The Hall–Kier alpha value is -0.926. The summed E-state index contributed by atoms with van der Waals surface area (Å²) in [6.07, 6.45) is 10.0. The normalized spacial score (nSPS) is 11.3. The molecule has 0 unspecified atom stereocenters. The van der Waals surface area contributed by atoms with Crippen molar-refractivity contribution in [2.45, 2.75) is 32.6 Å². The van der Waals surface area contributed by atoms with Crippen LogP contribution < -0.4 is 9.41 Å². The smallest absolute Gasteiger partial charge is 1.00 e. The van der Waals surface area contributed by atoms with E-state index < -0.39 is 0 Å². The van der Waals surface area contributed by atoms with Gasteiger partial charge in [-0.3, -0.25) is 6.08 Å². The standard InChI is InChI=1S/C10H14O.C5H5.2FH.Ti/c1-10(2,3)8-6-4-5-7-9(8)11;1-2-4-5-3-1;;;/h4-7,11H,1-3H3;1-3H,4H2;2*1H;/q;-1;;;+3/p-2. The van der Waals surface area contributed by atoms with Crippen LogP contribution in [0.5, 0.6) is 5.75 Å². The van der Waals surface area contributed by atoms with Crippen LogP contribution in [0.1, 0.15) is 32.8 Å². The monoisotopic (exact) mass is 301 g/mol. The molecule has 1 aromatic rings. The van der Waals surface area contributed by atoms with Crippen molar-refractivity contribution in [1.82, 2.24) is 0 Å². The molecule has 0 amide bonds. The van der Waals surface area contributed by atoms with Crippen LogP contribution in [0.15, 0.2) is 42.5 Å². The second-order valence-electron chi connectivity index (χ2n) is 4.77. The molecule has 2 rings (SSSR count). The molecular weight excluding hydrogens is 282 g/mol. The summed E-state index contributed by atoms with van der Waals surface area (Å²) < 4.78 is 0. The van der Waals surface area contributed by atoms with Crippen LogP contribution in [0.25, 0.3) is 0 Å². The Morgan fingerprint density at radius 2 is 1.68 bits per heavy atom. The van der Waals surface area contributed by atoms with Gasteiger partial charge in [0.1, 0.15) is 5.75 Å². The van der Waals surface area contributed by atoms with Crippen molar-refractivity contribution < 1.29 is 36.2 Å². The Morgan fingerprint density at radius 1 is 1.11 bits per heavy atom.